The number of halogens is 2. The first-order chi connectivity index (χ1) is 16.0. The highest BCUT2D eigenvalue weighted by Crippen LogP contribution is 2.33. The molecule has 4 aromatic rings. The van der Waals surface area contributed by atoms with Gasteiger partial charge in [0, 0.05) is 29.4 Å². The number of ketones is 1. The number of anilines is 1. The number of hydrogen-bond acceptors (Lipinski definition) is 5. The Morgan fingerprint density at radius 3 is 2.00 bits per heavy atom. The molecule has 1 N–H and O–H groups in total. The SMILES string of the molecule is COc1cc(NC(C(=O)c2ccoc2-c2ccc(F)cc2)c2ccc(F)cc2)cc(OC)c1. The molecule has 168 valence electrons. The van der Waals surface area contributed by atoms with Crippen molar-refractivity contribution in [3.8, 4) is 22.8 Å². The van der Waals surface area contributed by atoms with Crippen molar-refractivity contribution in [2.24, 2.45) is 0 Å². The van der Waals surface area contributed by atoms with Crippen LogP contribution in [0, 0.1) is 11.6 Å². The Morgan fingerprint density at radius 2 is 1.42 bits per heavy atom. The maximum absolute atomic E-state index is 13.7. The lowest BCUT2D eigenvalue weighted by Gasteiger charge is -2.20. The summed E-state index contributed by atoms with van der Waals surface area (Å²) in [5.41, 5.74) is 1.99. The van der Waals surface area contributed by atoms with Crippen LogP contribution in [0.15, 0.2) is 83.5 Å². The number of hydrogen-bond donors (Lipinski definition) is 1. The molecule has 0 bridgehead atoms. The van der Waals surface area contributed by atoms with Crippen LogP contribution in [0.3, 0.4) is 0 Å². The number of benzene rings is 3. The molecule has 0 spiro atoms. The molecule has 4 rings (SSSR count). The molecular weight excluding hydrogens is 428 g/mol. The fraction of sp³-hybridized carbons (Fsp3) is 0.115. The Morgan fingerprint density at radius 1 is 0.848 bits per heavy atom. The van der Waals surface area contributed by atoms with E-state index in [4.69, 9.17) is 13.9 Å². The zero-order chi connectivity index (χ0) is 23.4. The highest BCUT2D eigenvalue weighted by Gasteiger charge is 2.27. The monoisotopic (exact) mass is 449 g/mol. The summed E-state index contributed by atoms with van der Waals surface area (Å²) >= 11 is 0. The first-order valence-corrected chi connectivity index (χ1v) is 10.1. The summed E-state index contributed by atoms with van der Waals surface area (Å²) in [4.78, 5) is 13.7. The van der Waals surface area contributed by atoms with Crippen molar-refractivity contribution in [2.45, 2.75) is 6.04 Å². The first kappa shape index (κ1) is 22.1. The fourth-order valence-electron chi connectivity index (χ4n) is 3.50. The van der Waals surface area contributed by atoms with E-state index >= 15 is 0 Å². The van der Waals surface area contributed by atoms with Crippen LogP contribution in [-0.4, -0.2) is 20.0 Å². The third kappa shape index (κ3) is 4.87. The molecule has 7 heteroatoms. The number of ether oxygens (including phenoxy) is 2. The summed E-state index contributed by atoms with van der Waals surface area (Å²) in [6.07, 6.45) is 1.40. The molecule has 0 radical (unpaired) electrons. The Labute approximate surface area is 189 Å². The Kier molecular flexibility index (Phi) is 6.40. The normalized spacial score (nSPS) is 11.6. The largest absolute Gasteiger partial charge is 0.497 e. The molecule has 0 aliphatic rings. The van der Waals surface area contributed by atoms with Crippen LogP contribution < -0.4 is 14.8 Å². The molecule has 0 aliphatic heterocycles. The van der Waals surface area contributed by atoms with Crippen molar-refractivity contribution in [3.05, 3.63) is 102 Å². The summed E-state index contributed by atoms with van der Waals surface area (Å²) in [7, 11) is 3.06. The van der Waals surface area contributed by atoms with Gasteiger partial charge in [0.2, 0.25) is 0 Å². The summed E-state index contributed by atoms with van der Waals surface area (Å²) in [5, 5.41) is 3.21. The lowest BCUT2D eigenvalue weighted by Crippen LogP contribution is -2.21. The summed E-state index contributed by atoms with van der Waals surface area (Å²) in [5.74, 6) is 0.280. The minimum atomic E-state index is -0.876. The van der Waals surface area contributed by atoms with E-state index in [1.165, 1.54) is 56.9 Å². The van der Waals surface area contributed by atoms with Crippen molar-refractivity contribution in [1.82, 2.24) is 0 Å². The number of carbonyl (C=O) groups is 1. The van der Waals surface area contributed by atoms with Gasteiger partial charge in [0.25, 0.3) is 0 Å². The molecular formula is C26H21F2NO4. The molecule has 33 heavy (non-hydrogen) atoms. The van der Waals surface area contributed by atoms with Gasteiger partial charge in [0.05, 0.1) is 26.0 Å². The molecule has 0 saturated heterocycles. The van der Waals surface area contributed by atoms with Gasteiger partial charge in [-0.3, -0.25) is 4.79 Å². The van der Waals surface area contributed by atoms with E-state index in [0.717, 1.165) is 0 Å². The number of nitrogens with one attached hydrogen (secondary N) is 1. The molecule has 0 fully saturated rings. The average molecular weight is 449 g/mol. The first-order valence-electron chi connectivity index (χ1n) is 10.1. The van der Waals surface area contributed by atoms with E-state index in [1.807, 2.05) is 0 Å². The Bertz CT molecular complexity index is 1230. The Hall–Kier alpha value is -4.13. The fourth-order valence-corrected chi connectivity index (χ4v) is 3.50. The van der Waals surface area contributed by atoms with Crippen molar-refractivity contribution in [3.63, 3.8) is 0 Å². The predicted octanol–water partition coefficient (Wildman–Crippen LogP) is 6.28. The van der Waals surface area contributed by atoms with E-state index in [9.17, 15) is 13.6 Å². The molecule has 1 atom stereocenters. The van der Waals surface area contributed by atoms with E-state index in [-0.39, 0.29) is 5.78 Å². The van der Waals surface area contributed by atoms with Gasteiger partial charge in [-0.2, -0.15) is 0 Å². The molecule has 0 amide bonds. The van der Waals surface area contributed by atoms with Crippen molar-refractivity contribution < 1.29 is 27.5 Å². The van der Waals surface area contributed by atoms with Gasteiger partial charge in [-0.25, -0.2) is 8.78 Å². The van der Waals surface area contributed by atoms with Crippen molar-refractivity contribution >= 4 is 11.5 Å². The zero-order valence-electron chi connectivity index (χ0n) is 18.0. The molecule has 5 nitrogen and oxygen atoms in total. The molecule has 1 unspecified atom stereocenters. The highest BCUT2D eigenvalue weighted by molar-refractivity contribution is 6.06. The number of furan rings is 1. The second kappa shape index (κ2) is 9.56. The van der Waals surface area contributed by atoms with Crippen molar-refractivity contribution in [2.75, 3.05) is 19.5 Å². The topological polar surface area (TPSA) is 60.7 Å². The van der Waals surface area contributed by atoms with E-state index < -0.39 is 17.7 Å². The Balaban J connectivity index is 1.75. The number of Topliss-reactive ketones (excluding diaryl/α,β-unsaturated/α-hetero) is 1. The molecule has 0 saturated carbocycles. The summed E-state index contributed by atoms with van der Waals surface area (Å²) in [6, 6.07) is 17.2. The van der Waals surface area contributed by atoms with Crippen LogP contribution in [0.25, 0.3) is 11.3 Å². The van der Waals surface area contributed by atoms with Crippen LogP contribution >= 0.6 is 0 Å². The number of methoxy groups -OCH3 is 2. The van der Waals surface area contributed by atoms with Gasteiger partial charge in [-0.05, 0) is 48.0 Å². The van der Waals surface area contributed by atoms with Crippen LogP contribution in [0.1, 0.15) is 22.0 Å². The van der Waals surface area contributed by atoms with Crippen molar-refractivity contribution in [1.29, 1.82) is 0 Å². The molecule has 1 aromatic heterocycles. The lowest BCUT2D eigenvalue weighted by atomic mass is 9.95. The van der Waals surface area contributed by atoms with Crippen LogP contribution in [0.4, 0.5) is 14.5 Å². The summed E-state index contributed by atoms with van der Waals surface area (Å²) < 4.78 is 43.2. The van der Waals surface area contributed by atoms with E-state index in [0.29, 0.717) is 39.6 Å². The number of carbonyl (C=O) groups excluding carboxylic acids is 1. The smallest absolute Gasteiger partial charge is 0.193 e. The number of rotatable bonds is 8. The molecule has 3 aromatic carbocycles. The van der Waals surface area contributed by atoms with Crippen LogP contribution in [0.2, 0.25) is 0 Å². The molecule has 1 heterocycles. The molecule has 0 aliphatic carbocycles. The van der Waals surface area contributed by atoms with E-state index in [2.05, 4.69) is 5.32 Å². The lowest BCUT2D eigenvalue weighted by molar-refractivity contribution is 0.0969. The predicted molar refractivity (Wildman–Crippen MR) is 121 cm³/mol. The third-order valence-corrected chi connectivity index (χ3v) is 5.17. The summed E-state index contributed by atoms with van der Waals surface area (Å²) in [6.45, 7) is 0. The van der Waals surface area contributed by atoms with Gasteiger partial charge < -0.3 is 19.2 Å². The second-order valence-electron chi connectivity index (χ2n) is 7.26. The quantitative estimate of drug-likeness (QED) is 0.321. The van der Waals surface area contributed by atoms with Gasteiger partial charge in [-0.1, -0.05) is 12.1 Å². The van der Waals surface area contributed by atoms with Crippen LogP contribution in [0.5, 0.6) is 11.5 Å². The third-order valence-electron chi connectivity index (χ3n) is 5.17. The van der Waals surface area contributed by atoms with Gasteiger partial charge >= 0.3 is 0 Å². The van der Waals surface area contributed by atoms with Crippen LogP contribution in [-0.2, 0) is 0 Å². The standard InChI is InChI=1S/C26H21F2NO4/c1-31-21-13-20(14-22(15-21)32-2)29-24(16-3-7-18(27)8-4-16)25(30)23-11-12-33-26(23)17-5-9-19(28)10-6-17/h3-15,24,29H,1-2H3. The maximum atomic E-state index is 13.7. The highest BCUT2D eigenvalue weighted by atomic mass is 19.1. The minimum absolute atomic E-state index is 0.304. The maximum Gasteiger partial charge on any atom is 0.193 e. The zero-order valence-corrected chi connectivity index (χ0v) is 18.0. The second-order valence-corrected chi connectivity index (χ2v) is 7.26. The van der Waals surface area contributed by atoms with Gasteiger partial charge in [0.15, 0.2) is 5.78 Å². The van der Waals surface area contributed by atoms with Gasteiger partial charge in [-0.15, -0.1) is 0 Å². The van der Waals surface area contributed by atoms with Gasteiger partial charge in [0.1, 0.15) is 34.9 Å². The minimum Gasteiger partial charge on any atom is -0.497 e. The average Bonchev–Trinajstić information content (AvgIpc) is 3.33. The van der Waals surface area contributed by atoms with E-state index in [1.54, 1.807) is 36.4 Å².